The van der Waals surface area contributed by atoms with Crippen LogP contribution in [0, 0.1) is 0 Å². The molecule has 2 rings (SSSR count). The Hall–Kier alpha value is -1.72. The second-order valence-electron chi connectivity index (χ2n) is 5.05. The van der Waals surface area contributed by atoms with E-state index < -0.39 is 0 Å². The van der Waals surface area contributed by atoms with Crippen molar-refractivity contribution in [3.8, 4) is 0 Å². The van der Waals surface area contributed by atoms with Gasteiger partial charge in [0.15, 0.2) is 0 Å². The number of hydrogen-bond donors (Lipinski definition) is 1. The van der Waals surface area contributed by atoms with Crippen LogP contribution in [-0.2, 0) is 11.4 Å². The van der Waals surface area contributed by atoms with Crippen molar-refractivity contribution in [3.05, 3.63) is 46.5 Å². The van der Waals surface area contributed by atoms with Crippen molar-refractivity contribution in [2.75, 3.05) is 0 Å². The van der Waals surface area contributed by atoms with Gasteiger partial charge in [0, 0.05) is 12.3 Å². The molecule has 0 saturated carbocycles. The molecule has 0 saturated heterocycles. The molecule has 0 bridgehead atoms. The van der Waals surface area contributed by atoms with Crippen LogP contribution >= 0.6 is 0 Å². The van der Waals surface area contributed by atoms with E-state index in [-0.39, 0.29) is 11.2 Å². The number of nitrogens with one attached hydrogen (secondary N) is 1. The van der Waals surface area contributed by atoms with E-state index >= 15 is 0 Å². The SMILES string of the molecule is CC(C)(C)ONCc1cc(=O)n2ccccc2n1. The fraction of sp³-hybridized carbons (Fsp3) is 0.385. The molecule has 1 N–H and O–H groups in total. The molecule has 5 heteroatoms. The van der Waals surface area contributed by atoms with Crippen molar-refractivity contribution in [1.82, 2.24) is 14.9 Å². The van der Waals surface area contributed by atoms with Gasteiger partial charge in [-0.25, -0.2) is 4.98 Å². The van der Waals surface area contributed by atoms with E-state index in [0.717, 1.165) is 0 Å². The Morgan fingerprint density at radius 1 is 1.39 bits per heavy atom. The summed E-state index contributed by atoms with van der Waals surface area (Å²) in [7, 11) is 0. The maximum absolute atomic E-state index is 11.8. The first-order valence-corrected chi connectivity index (χ1v) is 5.84. The van der Waals surface area contributed by atoms with E-state index in [1.807, 2.05) is 26.8 Å². The number of hydrogen-bond acceptors (Lipinski definition) is 4. The number of aromatic nitrogens is 2. The Morgan fingerprint density at radius 2 is 2.17 bits per heavy atom. The van der Waals surface area contributed by atoms with Gasteiger partial charge in [-0.3, -0.25) is 14.0 Å². The van der Waals surface area contributed by atoms with Gasteiger partial charge in [-0.15, -0.1) is 0 Å². The fourth-order valence-electron chi connectivity index (χ4n) is 1.52. The highest BCUT2D eigenvalue weighted by Crippen LogP contribution is 2.04. The van der Waals surface area contributed by atoms with Gasteiger partial charge in [0.25, 0.3) is 5.56 Å². The van der Waals surface area contributed by atoms with Gasteiger partial charge in [-0.2, -0.15) is 5.48 Å². The van der Waals surface area contributed by atoms with Gasteiger partial charge in [0.2, 0.25) is 0 Å². The van der Waals surface area contributed by atoms with Gasteiger partial charge in [0.1, 0.15) is 5.65 Å². The summed E-state index contributed by atoms with van der Waals surface area (Å²) in [6, 6.07) is 6.96. The first kappa shape index (κ1) is 12.7. The van der Waals surface area contributed by atoms with Crippen LogP contribution in [0.25, 0.3) is 5.65 Å². The number of rotatable bonds is 3. The highest BCUT2D eigenvalue weighted by Gasteiger charge is 2.10. The van der Waals surface area contributed by atoms with Gasteiger partial charge < -0.3 is 0 Å². The molecule has 2 aromatic heterocycles. The third-order valence-corrected chi connectivity index (χ3v) is 2.26. The van der Waals surface area contributed by atoms with Crippen molar-refractivity contribution in [2.24, 2.45) is 0 Å². The first-order chi connectivity index (χ1) is 8.46. The summed E-state index contributed by atoms with van der Waals surface area (Å²) in [6.07, 6.45) is 1.70. The molecule has 5 nitrogen and oxygen atoms in total. The van der Waals surface area contributed by atoms with E-state index in [9.17, 15) is 4.79 Å². The van der Waals surface area contributed by atoms with Crippen molar-refractivity contribution in [2.45, 2.75) is 32.9 Å². The molecule has 0 radical (unpaired) electrons. The Bertz CT molecular complexity index is 599. The van der Waals surface area contributed by atoms with Crippen LogP contribution < -0.4 is 11.0 Å². The van der Waals surface area contributed by atoms with E-state index in [1.165, 1.54) is 10.5 Å². The zero-order valence-electron chi connectivity index (χ0n) is 10.8. The Kier molecular flexibility index (Phi) is 3.45. The van der Waals surface area contributed by atoms with Gasteiger partial charge in [-0.05, 0) is 32.9 Å². The van der Waals surface area contributed by atoms with E-state index in [2.05, 4.69) is 10.5 Å². The Morgan fingerprint density at radius 3 is 2.89 bits per heavy atom. The summed E-state index contributed by atoms with van der Waals surface area (Å²) in [5.74, 6) is 0. The molecule has 0 aliphatic carbocycles. The molecule has 0 aliphatic heterocycles. The molecular formula is C13H17N3O2. The summed E-state index contributed by atoms with van der Waals surface area (Å²) in [4.78, 5) is 21.6. The average Bonchev–Trinajstić information content (AvgIpc) is 2.27. The van der Waals surface area contributed by atoms with Crippen molar-refractivity contribution in [1.29, 1.82) is 0 Å². The van der Waals surface area contributed by atoms with Crippen molar-refractivity contribution >= 4 is 5.65 Å². The van der Waals surface area contributed by atoms with Crippen LogP contribution in [0.2, 0.25) is 0 Å². The van der Waals surface area contributed by atoms with Crippen molar-refractivity contribution < 1.29 is 4.84 Å². The number of nitrogens with zero attached hydrogens (tertiary/aromatic N) is 2. The summed E-state index contributed by atoms with van der Waals surface area (Å²) < 4.78 is 1.51. The van der Waals surface area contributed by atoms with Crippen molar-refractivity contribution in [3.63, 3.8) is 0 Å². The van der Waals surface area contributed by atoms with E-state index in [0.29, 0.717) is 17.9 Å². The first-order valence-electron chi connectivity index (χ1n) is 5.84. The molecule has 18 heavy (non-hydrogen) atoms. The second kappa shape index (κ2) is 4.88. The molecule has 0 aliphatic rings. The van der Waals surface area contributed by atoms with Gasteiger partial charge in [-0.1, -0.05) is 6.07 Å². The summed E-state index contributed by atoms with van der Waals surface area (Å²) >= 11 is 0. The lowest BCUT2D eigenvalue weighted by Gasteiger charge is -2.19. The lowest BCUT2D eigenvalue weighted by atomic mass is 10.2. The number of hydroxylamine groups is 1. The molecule has 0 fully saturated rings. The van der Waals surface area contributed by atoms with Crippen LogP contribution in [0.1, 0.15) is 26.5 Å². The normalized spacial score (nSPS) is 11.9. The third kappa shape index (κ3) is 3.15. The van der Waals surface area contributed by atoms with Gasteiger partial charge >= 0.3 is 0 Å². The minimum absolute atomic E-state index is 0.0897. The maximum Gasteiger partial charge on any atom is 0.258 e. The monoisotopic (exact) mass is 247 g/mol. The standard InChI is InChI=1S/C13H17N3O2/c1-13(2,3)18-14-9-10-8-12(17)16-7-5-4-6-11(16)15-10/h4-8,14H,9H2,1-3H3. The maximum atomic E-state index is 11.8. The van der Waals surface area contributed by atoms with Crippen LogP contribution in [0.5, 0.6) is 0 Å². The zero-order chi connectivity index (χ0) is 13.2. The smallest absolute Gasteiger partial charge is 0.258 e. The highest BCUT2D eigenvalue weighted by molar-refractivity contribution is 5.37. The van der Waals surface area contributed by atoms with Crippen LogP contribution in [-0.4, -0.2) is 15.0 Å². The molecule has 0 aromatic carbocycles. The fourth-order valence-corrected chi connectivity index (χ4v) is 1.52. The topological polar surface area (TPSA) is 55.6 Å². The summed E-state index contributed by atoms with van der Waals surface area (Å²) in [6.45, 7) is 6.24. The quantitative estimate of drug-likeness (QED) is 0.835. The largest absolute Gasteiger partial charge is 0.296 e. The average molecular weight is 247 g/mol. The lowest BCUT2D eigenvalue weighted by molar-refractivity contribution is -0.0761. The number of pyridine rings is 1. The molecule has 2 aromatic rings. The molecule has 0 spiro atoms. The summed E-state index contributed by atoms with van der Waals surface area (Å²) in [5, 5.41) is 0. The minimum atomic E-state index is -0.272. The predicted molar refractivity (Wildman–Crippen MR) is 69.1 cm³/mol. The predicted octanol–water partition coefficient (Wildman–Crippen LogP) is 1.51. The molecule has 2 heterocycles. The van der Waals surface area contributed by atoms with Crippen LogP contribution in [0.3, 0.4) is 0 Å². The number of fused-ring (bicyclic) bond motifs is 1. The molecule has 0 unspecified atom stereocenters. The Labute approximate surface area is 105 Å². The molecular weight excluding hydrogens is 230 g/mol. The Balaban J connectivity index is 2.17. The minimum Gasteiger partial charge on any atom is -0.296 e. The zero-order valence-corrected chi connectivity index (χ0v) is 10.8. The van der Waals surface area contributed by atoms with Gasteiger partial charge in [0.05, 0.1) is 17.8 Å². The van der Waals surface area contributed by atoms with Crippen LogP contribution in [0.4, 0.5) is 0 Å². The second-order valence-corrected chi connectivity index (χ2v) is 5.05. The van der Waals surface area contributed by atoms with E-state index in [4.69, 9.17) is 4.84 Å². The third-order valence-electron chi connectivity index (χ3n) is 2.26. The highest BCUT2D eigenvalue weighted by atomic mass is 16.7. The van der Waals surface area contributed by atoms with Crippen LogP contribution in [0.15, 0.2) is 35.3 Å². The molecule has 96 valence electrons. The lowest BCUT2D eigenvalue weighted by Crippen LogP contribution is -2.29. The molecule has 0 atom stereocenters. The summed E-state index contributed by atoms with van der Waals surface area (Å²) in [5.41, 5.74) is 3.76. The van der Waals surface area contributed by atoms with E-state index in [1.54, 1.807) is 18.3 Å². The molecule has 0 amide bonds.